The van der Waals surface area contributed by atoms with Crippen LogP contribution in [0, 0.1) is 0 Å². The van der Waals surface area contributed by atoms with Crippen LogP contribution in [0.25, 0.3) is 0 Å². The minimum absolute atomic E-state index is 0.656. The first-order valence-electron chi connectivity index (χ1n) is 4.29. The molecule has 0 saturated heterocycles. The Kier molecular flexibility index (Phi) is 2.94. The fraction of sp³-hybridized carbons (Fsp3) is 0.778. The summed E-state index contributed by atoms with van der Waals surface area (Å²) < 4.78 is 0. The largest absolute Gasteiger partial charge is 0.310 e. The third-order valence-corrected chi connectivity index (χ3v) is 2.18. The van der Waals surface area contributed by atoms with Crippen molar-refractivity contribution >= 4 is 0 Å². The van der Waals surface area contributed by atoms with E-state index in [1.165, 1.54) is 25.8 Å². The van der Waals surface area contributed by atoms with Crippen LogP contribution in [-0.4, -0.2) is 12.6 Å². The summed E-state index contributed by atoms with van der Waals surface area (Å²) in [7, 11) is 0. The summed E-state index contributed by atoms with van der Waals surface area (Å²) in [6.07, 6.45) is 6.11. The van der Waals surface area contributed by atoms with Gasteiger partial charge < -0.3 is 5.32 Å². The highest BCUT2D eigenvalue weighted by molar-refractivity contribution is 5.10. The van der Waals surface area contributed by atoms with Crippen LogP contribution in [0.4, 0.5) is 0 Å². The Bertz CT molecular complexity index is 127. The van der Waals surface area contributed by atoms with Crippen LogP contribution in [0.1, 0.15) is 33.1 Å². The first-order valence-corrected chi connectivity index (χ1v) is 4.29. The molecule has 10 heavy (non-hydrogen) atoms. The first kappa shape index (κ1) is 7.80. The van der Waals surface area contributed by atoms with Crippen molar-refractivity contribution < 1.29 is 0 Å². The van der Waals surface area contributed by atoms with E-state index in [-0.39, 0.29) is 0 Å². The summed E-state index contributed by atoms with van der Waals surface area (Å²) in [4.78, 5) is 0. The number of hydrogen-bond donors (Lipinski definition) is 1. The van der Waals surface area contributed by atoms with Gasteiger partial charge in [0, 0.05) is 6.04 Å². The van der Waals surface area contributed by atoms with Gasteiger partial charge in [0.2, 0.25) is 0 Å². The lowest BCUT2D eigenvalue weighted by molar-refractivity contribution is 0.544. The van der Waals surface area contributed by atoms with Crippen molar-refractivity contribution in [3.05, 3.63) is 11.6 Å². The Hall–Kier alpha value is -0.300. The molecule has 1 rings (SSSR count). The Morgan fingerprint density at radius 2 is 2.40 bits per heavy atom. The normalized spacial score (nSPS) is 26.2. The molecule has 1 heteroatoms. The fourth-order valence-corrected chi connectivity index (χ4v) is 1.40. The second-order valence-corrected chi connectivity index (χ2v) is 2.90. The minimum atomic E-state index is 0.656. The van der Waals surface area contributed by atoms with E-state index in [9.17, 15) is 0 Å². The molecule has 58 valence electrons. The maximum absolute atomic E-state index is 3.46. The summed E-state index contributed by atoms with van der Waals surface area (Å²) in [5, 5.41) is 3.46. The second-order valence-electron chi connectivity index (χ2n) is 2.90. The minimum Gasteiger partial charge on any atom is -0.310 e. The van der Waals surface area contributed by atoms with E-state index < -0.39 is 0 Å². The van der Waals surface area contributed by atoms with Gasteiger partial charge in [-0.2, -0.15) is 0 Å². The van der Waals surface area contributed by atoms with E-state index in [0.717, 1.165) is 0 Å². The van der Waals surface area contributed by atoms with Crippen molar-refractivity contribution in [2.45, 2.75) is 39.2 Å². The summed E-state index contributed by atoms with van der Waals surface area (Å²) in [6, 6.07) is 0.656. The molecule has 0 fully saturated rings. The molecule has 1 aliphatic heterocycles. The van der Waals surface area contributed by atoms with Gasteiger partial charge in [-0.25, -0.2) is 0 Å². The molecule has 1 aliphatic rings. The summed E-state index contributed by atoms with van der Waals surface area (Å²) in [5.74, 6) is 0. The summed E-state index contributed by atoms with van der Waals surface area (Å²) in [5.41, 5.74) is 1.63. The Labute approximate surface area is 63.5 Å². The number of rotatable bonds is 2. The van der Waals surface area contributed by atoms with Crippen molar-refractivity contribution in [1.82, 2.24) is 5.32 Å². The first-order chi connectivity index (χ1) is 4.86. The van der Waals surface area contributed by atoms with Crippen LogP contribution in [-0.2, 0) is 0 Å². The molecule has 0 amide bonds. The van der Waals surface area contributed by atoms with Crippen LogP contribution in [0.5, 0.6) is 0 Å². The SMILES string of the molecule is CCC1=CC(CC)NCC1. The third kappa shape index (κ3) is 1.84. The van der Waals surface area contributed by atoms with E-state index in [2.05, 4.69) is 25.2 Å². The molecule has 0 radical (unpaired) electrons. The van der Waals surface area contributed by atoms with Gasteiger partial charge in [0.1, 0.15) is 0 Å². The van der Waals surface area contributed by atoms with E-state index >= 15 is 0 Å². The van der Waals surface area contributed by atoms with Crippen molar-refractivity contribution in [3.63, 3.8) is 0 Å². The van der Waals surface area contributed by atoms with Gasteiger partial charge in [-0.05, 0) is 25.8 Å². The maximum Gasteiger partial charge on any atom is 0.0250 e. The molecule has 0 aromatic carbocycles. The van der Waals surface area contributed by atoms with Gasteiger partial charge in [-0.1, -0.05) is 25.5 Å². The number of hydrogen-bond acceptors (Lipinski definition) is 1. The zero-order valence-electron chi connectivity index (χ0n) is 6.98. The Morgan fingerprint density at radius 1 is 1.60 bits per heavy atom. The number of nitrogens with one attached hydrogen (secondary N) is 1. The maximum atomic E-state index is 3.46. The van der Waals surface area contributed by atoms with Gasteiger partial charge in [0.25, 0.3) is 0 Å². The predicted molar refractivity (Wildman–Crippen MR) is 45.1 cm³/mol. The lowest BCUT2D eigenvalue weighted by Crippen LogP contribution is -2.31. The summed E-state index contributed by atoms with van der Waals surface area (Å²) >= 11 is 0. The predicted octanol–water partition coefficient (Wildman–Crippen LogP) is 2.09. The van der Waals surface area contributed by atoms with E-state index in [4.69, 9.17) is 0 Å². The second kappa shape index (κ2) is 3.77. The van der Waals surface area contributed by atoms with Crippen molar-refractivity contribution in [2.24, 2.45) is 0 Å². The highest BCUT2D eigenvalue weighted by atomic mass is 14.9. The van der Waals surface area contributed by atoms with Gasteiger partial charge in [-0.3, -0.25) is 0 Å². The van der Waals surface area contributed by atoms with Crippen LogP contribution >= 0.6 is 0 Å². The average Bonchev–Trinajstić information content (AvgIpc) is 2.05. The molecule has 0 aliphatic carbocycles. The van der Waals surface area contributed by atoms with Crippen molar-refractivity contribution in [2.75, 3.05) is 6.54 Å². The average molecular weight is 139 g/mol. The molecule has 0 aromatic heterocycles. The fourth-order valence-electron chi connectivity index (χ4n) is 1.40. The quantitative estimate of drug-likeness (QED) is 0.578. The zero-order chi connectivity index (χ0) is 7.40. The molecular formula is C9H17N. The molecule has 1 atom stereocenters. The van der Waals surface area contributed by atoms with Crippen LogP contribution in [0.15, 0.2) is 11.6 Å². The van der Waals surface area contributed by atoms with Gasteiger partial charge in [0.05, 0.1) is 0 Å². The van der Waals surface area contributed by atoms with E-state index in [1.807, 2.05) is 0 Å². The van der Waals surface area contributed by atoms with Crippen LogP contribution < -0.4 is 5.32 Å². The molecule has 0 saturated carbocycles. The highest BCUT2D eigenvalue weighted by Crippen LogP contribution is 2.12. The lowest BCUT2D eigenvalue weighted by Gasteiger charge is -2.20. The topological polar surface area (TPSA) is 12.0 Å². The van der Waals surface area contributed by atoms with Crippen LogP contribution in [0.2, 0.25) is 0 Å². The van der Waals surface area contributed by atoms with E-state index in [1.54, 1.807) is 5.57 Å². The van der Waals surface area contributed by atoms with Gasteiger partial charge >= 0.3 is 0 Å². The molecule has 0 spiro atoms. The molecule has 1 unspecified atom stereocenters. The zero-order valence-corrected chi connectivity index (χ0v) is 6.98. The lowest BCUT2D eigenvalue weighted by atomic mass is 10.0. The third-order valence-electron chi connectivity index (χ3n) is 2.18. The van der Waals surface area contributed by atoms with Crippen molar-refractivity contribution in [3.8, 4) is 0 Å². The molecule has 0 aromatic rings. The standard InChI is InChI=1S/C9H17N/c1-3-8-5-6-10-9(4-2)7-8/h7,9-10H,3-6H2,1-2H3. The Balaban J connectivity index is 2.48. The Morgan fingerprint density at radius 3 is 3.00 bits per heavy atom. The molecular weight excluding hydrogens is 122 g/mol. The summed E-state index contributed by atoms with van der Waals surface area (Å²) in [6.45, 7) is 5.65. The van der Waals surface area contributed by atoms with Crippen LogP contribution in [0.3, 0.4) is 0 Å². The monoisotopic (exact) mass is 139 g/mol. The van der Waals surface area contributed by atoms with Gasteiger partial charge in [-0.15, -0.1) is 0 Å². The van der Waals surface area contributed by atoms with E-state index in [0.29, 0.717) is 6.04 Å². The molecule has 1 N–H and O–H groups in total. The highest BCUT2D eigenvalue weighted by Gasteiger charge is 2.08. The molecule has 1 heterocycles. The van der Waals surface area contributed by atoms with Crippen molar-refractivity contribution in [1.29, 1.82) is 0 Å². The van der Waals surface area contributed by atoms with Gasteiger partial charge in [0.15, 0.2) is 0 Å². The smallest absolute Gasteiger partial charge is 0.0250 e. The molecule has 0 bridgehead atoms. The molecule has 1 nitrogen and oxygen atoms in total.